The van der Waals surface area contributed by atoms with Crippen molar-refractivity contribution in [3.8, 4) is 22.6 Å². The topological polar surface area (TPSA) is 94.7 Å². The van der Waals surface area contributed by atoms with Crippen molar-refractivity contribution in [3.05, 3.63) is 111 Å². The Morgan fingerprint density at radius 1 is 0.921 bits per heavy atom. The highest BCUT2D eigenvalue weighted by atomic mass is 79.9. The molecule has 0 bridgehead atoms. The Labute approximate surface area is 231 Å². The molecular weight excluding hydrogens is 572 g/mol. The first-order valence-corrected chi connectivity index (χ1v) is 12.7. The van der Waals surface area contributed by atoms with Crippen LogP contribution in [-0.4, -0.2) is 21.4 Å². The third-order valence-electron chi connectivity index (χ3n) is 5.73. The van der Waals surface area contributed by atoms with Crippen molar-refractivity contribution >= 4 is 50.6 Å². The monoisotopic (exact) mass is 590 g/mol. The summed E-state index contributed by atoms with van der Waals surface area (Å²) >= 11 is 10.2. The molecule has 0 saturated carbocycles. The first-order chi connectivity index (χ1) is 18.5. The largest absolute Gasteiger partial charge is 0.488 e. The summed E-state index contributed by atoms with van der Waals surface area (Å²) in [4.78, 5) is 11.1. The smallest absolute Gasteiger partial charge is 0.328 e. The fourth-order valence-electron chi connectivity index (χ4n) is 3.84. The molecule has 9 heteroatoms. The second-order valence-electron chi connectivity index (χ2n) is 8.30. The van der Waals surface area contributed by atoms with E-state index < -0.39 is 5.97 Å². The van der Waals surface area contributed by atoms with Crippen LogP contribution in [0.2, 0.25) is 5.02 Å². The number of ether oxygens (including phenoxy) is 2. The molecule has 7 nitrogen and oxygen atoms in total. The number of carboxylic acid groups (broad SMARTS) is 1. The zero-order valence-electron chi connectivity index (χ0n) is 19.8. The number of benzene rings is 4. The molecule has 5 aromatic rings. The minimum Gasteiger partial charge on any atom is -0.488 e. The summed E-state index contributed by atoms with van der Waals surface area (Å²) in [6, 6.07) is 24.8. The van der Waals surface area contributed by atoms with Gasteiger partial charge < -0.3 is 14.6 Å². The molecule has 1 heterocycles. The van der Waals surface area contributed by atoms with Gasteiger partial charge in [-0.3, -0.25) is 0 Å². The van der Waals surface area contributed by atoms with Gasteiger partial charge in [0, 0.05) is 27.7 Å². The lowest BCUT2D eigenvalue weighted by atomic mass is 10.0. The predicted octanol–water partition coefficient (Wildman–Crippen LogP) is 7.56. The summed E-state index contributed by atoms with van der Waals surface area (Å²) in [5, 5.41) is 17.1. The Bertz CT molecular complexity index is 1640. The Morgan fingerprint density at radius 3 is 2.53 bits per heavy atom. The minimum atomic E-state index is -1.08. The molecule has 38 heavy (non-hydrogen) atoms. The fourth-order valence-corrected chi connectivity index (χ4v) is 4.68. The van der Waals surface area contributed by atoms with Gasteiger partial charge in [-0.2, -0.15) is 0 Å². The summed E-state index contributed by atoms with van der Waals surface area (Å²) in [7, 11) is 0. The van der Waals surface area contributed by atoms with Crippen molar-refractivity contribution in [2.75, 3.05) is 0 Å². The van der Waals surface area contributed by atoms with Crippen LogP contribution < -0.4 is 9.47 Å². The molecule has 1 aromatic heterocycles. The van der Waals surface area contributed by atoms with Crippen LogP contribution in [-0.2, 0) is 18.0 Å². The summed E-state index contributed by atoms with van der Waals surface area (Å²) in [5.74, 6) is -0.265. The van der Waals surface area contributed by atoms with E-state index in [2.05, 4.69) is 26.2 Å². The highest BCUT2D eigenvalue weighted by Gasteiger charge is 2.13. The van der Waals surface area contributed by atoms with Crippen LogP contribution >= 0.6 is 27.5 Å². The van der Waals surface area contributed by atoms with E-state index >= 15 is 0 Å². The van der Waals surface area contributed by atoms with Crippen molar-refractivity contribution in [2.45, 2.75) is 13.2 Å². The average Bonchev–Trinajstić information content (AvgIpc) is 3.40. The van der Waals surface area contributed by atoms with E-state index in [1.807, 2.05) is 60.7 Å². The number of aromatic nitrogens is 2. The van der Waals surface area contributed by atoms with Gasteiger partial charge in [0.15, 0.2) is 0 Å². The van der Waals surface area contributed by atoms with Gasteiger partial charge in [-0.05, 0) is 67.2 Å². The Balaban J connectivity index is 1.39. The second-order valence-corrected chi connectivity index (χ2v) is 9.50. The third kappa shape index (κ3) is 5.88. The van der Waals surface area contributed by atoms with Crippen LogP contribution in [0.15, 0.2) is 94.0 Å². The highest BCUT2D eigenvalue weighted by molar-refractivity contribution is 9.10. The van der Waals surface area contributed by atoms with Gasteiger partial charge in [-0.25, -0.2) is 9.42 Å². The van der Waals surface area contributed by atoms with E-state index in [0.29, 0.717) is 33.1 Å². The average molecular weight is 592 g/mol. The number of aliphatic carboxylic acids is 1. The van der Waals surface area contributed by atoms with Crippen LogP contribution in [0, 0.1) is 0 Å². The lowest BCUT2D eigenvalue weighted by Crippen LogP contribution is -2.01. The summed E-state index contributed by atoms with van der Waals surface area (Å²) in [5.41, 5.74) is 5.67. The first-order valence-electron chi connectivity index (χ1n) is 11.5. The minimum absolute atomic E-state index is 0.197. The summed E-state index contributed by atoms with van der Waals surface area (Å²) in [6.45, 7) is 0.447. The van der Waals surface area contributed by atoms with E-state index in [4.69, 9.17) is 30.8 Å². The van der Waals surface area contributed by atoms with Gasteiger partial charge in [0.2, 0.25) is 0 Å². The molecule has 1 N–H and O–H groups in total. The summed E-state index contributed by atoms with van der Waals surface area (Å²) in [6.07, 6.45) is 2.45. The van der Waals surface area contributed by atoms with Crippen LogP contribution in [0.3, 0.4) is 0 Å². The number of carbonyl (C=O) groups is 1. The van der Waals surface area contributed by atoms with Gasteiger partial charge in [0.05, 0.1) is 5.02 Å². The van der Waals surface area contributed by atoms with Crippen LogP contribution in [0.5, 0.6) is 11.5 Å². The molecule has 0 fully saturated rings. The molecule has 0 unspecified atom stereocenters. The Hall–Kier alpha value is -4.14. The molecule has 0 aliphatic carbocycles. The van der Waals surface area contributed by atoms with Crippen molar-refractivity contribution < 1.29 is 24.0 Å². The number of hydrogen-bond donors (Lipinski definition) is 1. The fraction of sp³-hybridized carbons (Fsp3) is 0.0690. The molecule has 5 rings (SSSR count). The van der Waals surface area contributed by atoms with Crippen molar-refractivity contribution in [1.29, 1.82) is 0 Å². The Morgan fingerprint density at radius 2 is 1.71 bits per heavy atom. The van der Waals surface area contributed by atoms with Gasteiger partial charge in [0.1, 0.15) is 35.7 Å². The number of halogens is 2. The molecule has 0 atom stereocenters. The maximum Gasteiger partial charge on any atom is 0.328 e. The number of fused-ring (bicyclic) bond motifs is 1. The van der Waals surface area contributed by atoms with Crippen molar-refractivity contribution in [2.24, 2.45) is 0 Å². The van der Waals surface area contributed by atoms with Gasteiger partial charge in [0.25, 0.3) is 0 Å². The van der Waals surface area contributed by atoms with Crippen LogP contribution in [0.1, 0.15) is 16.7 Å². The number of carboxylic acids is 1. The standard InChI is InChI=1S/C29H20BrClN2O5/c30-29-21(7-4-8-22(29)19-5-2-1-3-6-19)17-37-27-15-26(20(14-23(27)31)10-12-28(34)35)36-16-18-9-11-24-25(13-18)33-38-32-24/h1-15H,16-17H2,(H,34,35). The molecule has 0 amide bonds. The van der Waals surface area contributed by atoms with E-state index in [0.717, 1.165) is 32.8 Å². The van der Waals surface area contributed by atoms with Gasteiger partial charge >= 0.3 is 5.97 Å². The van der Waals surface area contributed by atoms with E-state index in [1.165, 1.54) is 6.08 Å². The zero-order chi connectivity index (χ0) is 26.5. The van der Waals surface area contributed by atoms with Crippen LogP contribution in [0.4, 0.5) is 0 Å². The molecule has 0 radical (unpaired) electrons. The van der Waals surface area contributed by atoms with Crippen LogP contribution in [0.25, 0.3) is 28.2 Å². The molecule has 0 spiro atoms. The lowest BCUT2D eigenvalue weighted by molar-refractivity contribution is -0.131. The Kier molecular flexibility index (Phi) is 7.72. The second kappa shape index (κ2) is 11.5. The normalized spacial score (nSPS) is 11.2. The number of nitrogens with zero attached hydrogens (tertiary/aromatic N) is 2. The molecule has 0 saturated heterocycles. The summed E-state index contributed by atoms with van der Waals surface area (Å²) < 4.78 is 17.8. The lowest BCUT2D eigenvalue weighted by Gasteiger charge is -2.15. The number of rotatable bonds is 9. The van der Waals surface area contributed by atoms with Crippen molar-refractivity contribution in [1.82, 2.24) is 10.3 Å². The van der Waals surface area contributed by atoms with Gasteiger partial charge in [-0.15, -0.1) is 0 Å². The number of hydrogen-bond acceptors (Lipinski definition) is 6. The SMILES string of the molecule is O=C(O)C=Cc1cc(Cl)c(OCc2cccc(-c3ccccc3)c2Br)cc1OCc1ccc2nonc2c1. The zero-order valence-corrected chi connectivity index (χ0v) is 22.1. The molecular formula is C29H20BrClN2O5. The molecule has 0 aliphatic rings. The highest BCUT2D eigenvalue weighted by Crippen LogP contribution is 2.36. The maximum absolute atomic E-state index is 11.1. The molecule has 4 aromatic carbocycles. The van der Waals surface area contributed by atoms with Crippen molar-refractivity contribution in [3.63, 3.8) is 0 Å². The van der Waals surface area contributed by atoms with Gasteiger partial charge in [-0.1, -0.05) is 66.2 Å². The van der Waals surface area contributed by atoms with E-state index in [9.17, 15) is 4.79 Å². The first kappa shape index (κ1) is 25.5. The molecule has 190 valence electrons. The third-order valence-corrected chi connectivity index (χ3v) is 6.96. The van der Waals surface area contributed by atoms with E-state index in [1.54, 1.807) is 18.2 Å². The maximum atomic E-state index is 11.1. The molecule has 0 aliphatic heterocycles. The van der Waals surface area contributed by atoms with E-state index in [-0.39, 0.29) is 13.2 Å². The predicted molar refractivity (Wildman–Crippen MR) is 148 cm³/mol. The quantitative estimate of drug-likeness (QED) is 0.177.